The highest BCUT2D eigenvalue weighted by molar-refractivity contribution is 8.02. The van der Waals surface area contributed by atoms with Gasteiger partial charge in [-0.05, 0) is 33.6 Å². The van der Waals surface area contributed by atoms with E-state index < -0.39 is 10.7 Å². The molecule has 0 aromatic rings. The lowest BCUT2D eigenvalue weighted by molar-refractivity contribution is -0.138. The molecule has 0 aromatic carbocycles. The van der Waals surface area contributed by atoms with E-state index >= 15 is 0 Å². The first-order valence-corrected chi connectivity index (χ1v) is 5.92. The van der Waals surface area contributed by atoms with E-state index in [1.54, 1.807) is 20.8 Å². The Bertz CT molecular complexity index is 274. The molecule has 1 aliphatic rings. The van der Waals surface area contributed by atoms with E-state index in [4.69, 9.17) is 5.11 Å². The van der Waals surface area contributed by atoms with E-state index in [2.05, 4.69) is 5.32 Å². The SMILES string of the molecule is CC(SC(C)(C)C(=O)O)C(=O)NC1CC1. The van der Waals surface area contributed by atoms with Crippen LogP contribution < -0.4 is 5.32 Å². The second-order valence-corrected chi connectivity index (χ2v) is 6.32. The maximum Gasteiger partial charge on any atom is 0.319 e. The smallest absolute Gasteiger partial charge is 0.319 e. The summed E-state index contributed by atoms with van der Waals surface area (Å²) in [5.74, 6) is -0.949. The Morgan fingerprint density at radius 2 is 2.00 bits per heavy atom. The molecule has 0 radical (unpaired) electrons. The first-order valence-electron chi connectivity index (χ1n) is 5.04. The Hall–Kier alpha value is -0.710. The minimum absolute atomic E-state index is 0.0585. The number of thioether (sulfide) groups is 1. The fourth-order valence-electron chi connectivity index (χ4n) is 1.09. The molecule has 0 aliphatic heterocycles. The van der Waals surface area contributed by atoms with Crippen molar-refractivity contribution in [1.82, 2.24) is 5.32 Å². The first kappa shape index (κ1) is 12.4. The standard InChI is InChI=1S/C10H17NO3S/c1-6(8(12)11-7-4-5-7)15-10(2,3)9(13)14/h6-7H,4-5H2,1-3H3,(H,11,12)(H,13,14). The Kier molecular flexibility index (Phi) is 3.65. The molecule has 1 unspecified atom stereocenters. The van der Waals surface area contributed by atoms with Crippen LogP contribution in [0.1, 0.15) is 33.6 Å². The number of aliphatic carboxylic acids is 1. The highest BCUT2D eigenvalue weighted by Gasteiger charge is 2.33. The van der Waals surface area contributed by atoms with Gasteiger partial charge in [-0.2, -0.15) is 0 Å². The summed E-state index contributed by atoms with van der Waals surface area (Å²) in [6.07, 6.45) is 2.09. The Morgan fingerprint density at radius 1 is 1.47 bits per heavy atom. The number of rotatable bonds is 5. The molecule has 1 aliphatic carbocycles. The van der Waals surface area contributed by atoms with Gasteiger partial charge in [0.1, 0.15) is 4.75 Å². The van der Waals surface area contributed by atoms with E-state index in [1.165, 1.54) is 11.8 Å². The van der Waals surface area contributed by atoms with E-state index in [9.17, 15) is 9.59 Å². The molecule has 1 atom stereocenters. The maximum atomic E-state index is 11.6. The Balaban J connectivity index is 2.42. The van der Waals surface area contributed by atoms with Gasteiger partial charge in [-0.25, -0.2) is 0 Å². The summed E-state index contributed by atoms with van der Waals surface area (Å²) in [6, 6.07) is 0.327. The molecular weight excluding hydrogens is 214 g/mol. The van der Waals surface area contributed by atoms with Crippen LogP contribution in [0.3, 0.4) is 0 Å². The number of amides is 1. The predicted octanol–water partition coefficient (Wildman–Crippen LogP) is 1.25. The quantitative estimate of drug-likeness (QED) is 0.747. The van der Waals surface area contributed by atoms with Crippen molar-refractivity contribution < 1.29 is 14.7 Å². The normalized spacial score (nSPS) is 18.3. The van der Waals surface area contributed by atoms with E-state index in [0.29, 0.717) is 6.04 Å². The molecular formula is C10H17NO3S. The highest BCUT2D eigenvalue weighted by Crippen LogP contribution is 2.29. The molecule has 0 spiro atoms. The summed E-state index contributed by atoms with van der Waals surface area (Å²) in [7, 11) is 0. The highest BCUT2D eigenvalue weighted by atomic mass is 32.2. The topological polar surface area (TPSA) is 66.4 Å². The summed E-state index contributed by atoms with van der Waals surface area (Å²) >= 11 is 1.18. The van der Waals surface area contributed by atoms with Crippen LogP contribution in [0.15, 0.2) is 0 Å². The van der Waals surface area contributed by atoms with Crippen molar-refractivity contribution in [1.29, 1.82) is 0 Å². The van der Waals surface area contributed by atoms with Crippen molar-refractivity contribution in [3.05, 3.63) is 0 Å². The van der Waals surface area contributed by atoms with Crippen LogP contribution >= 0.6 is 11.8 Å². The van der Waals surface area contributed by atoms with Gasteiger partial charge in [0.2, 0.25) is 5.91 Å². The van der Waals surface area contributed by atoms with Gasteiger partial charge in [-0.15, -0.1) is 11.8 Å². The molecule has 0 aromatic heterocycles. The predicted molar refractivity (Wildman–Crippen MR) is 59.9 cm³/mol. The monoisotopic (exact) mass is 231 g/mol. The molecule has 1 saturated carbocycles. The zero-order chi connectivity index (χ0) is 11.6. The number of carboxylic acid groups (broad SMARTS) is 1. The number of carbonyl (C=O) groups excluding carboxylic acids is 1. The molecule has 0 saturated heterocycles. The van der Waals surface area contributed by atoms with Crippen molar-refractivity contribution in [3.8, 4) is 0 Å². The van der Waals surface area contributed by atoms with Crippen LogP contribution in [0.2, 0.25) is 0 Å². The van der Waals surface area contributed by atoms with Gasteiger partial charge >= 0.3 is 5.97 Å². The fraction of sp³-hybridized carbons (Fsp3) is 0.800. The molecule has 0 heterocycles. The average molecular weight is 231 g/mol. The molecule has 1 rings (SSSR count). The molecule has 1 fully saturated rings. The van der Waals surface area contributed by atoms with Crippen molar-refractivity contribution >= 4 is 23.6 Å². The summed E-state index contributed by atoms with van der Waals surface area (Å²) in [5.41, 5.74) is 0. The van der Waals surface area contributed by atoms with Gasteiger partial charge in [-0.1, -0.05) is 0 Å². The molecule has 5 heteroatoms. The number of carboxylic acids is 1. The zero-order valence-electron chi connectivity index (χ0n) is 9.24. The molecule has 86 valence electrons. The molecule has 2 N–H and O–H groups in total. The van der Waals surface area contributed by atoms with Gasteiger partial charge in [-0.3, -0.25) is 9.59 Å². The number of carbonyl (C=O) groups is 2. The van der Waals surface area contributed by atoms with Crippen LogP contribution in [0.5, 0.6) is 0 Å². The van der Waals surface area contributed by atoms with Crippen molar-refractivity contribution in [2.75, 3.05) is 0 Å². The molecule has 4 nitrogen and oxygen atoms in total. The van der Waals surface area contributed by atoms with Crippen LogP contribution in [-0.4, -0.2) is 33.0 Å². The van der Waals surface area contributed by atoms with Crippen LogP contribution in [0.25, 0.3) is 0 Å². The summed E-state index contributed by atoms with van der Waals surface area (Å²) in [6.45, 7) is 4.97. The Labute approximate surface area is 93.8 Å². The van der Waals surface area contributed by atoms with Crippen molar-refractivity contribution in [3.63, 3.8) is 0 Å². The van der Waals surface area contributed by atoms with E-state index in [-0.39, 0.29) is 11.2 Å². The van der Waals surface area contributed by atoms with Gasteiger partial charge in [0.25, 0.3) is 0 Å². The lowest BCUT2D eigenvalue weighted by Crippen LogP contribution is -2.37. The number of hydrogen-bond donors (Lipinski definition) is 2. The van der Waals surface area contributed by atoms with Gasteiger partial charge in [0.15, 0.2) is 0 Å². The molecule has 15 heavy (non-hydrogen) atoms. The summed E-state index contributed by atoms with van der Waals surface area (Å²) in [4.78, 5) is 22.4. The second kappa shape index (κ2) is 4.43. The molecule has 0 bridgehead atoms. The van der Waals surface area contributed by atoms with E-state index in [0.717, 1.165) is 12.8 Å². The van der Waals surface area contributed by atoms with Gasteiger partial charge in [0, 0.05) is 6.04 Å². The maximum absolute atomic E-state index is 11.6. The summed E-state index contributed by atoms with van der Waals surface area (Å²) in [5, 5.41) is 11.5. The first-order chi connectivity index (χ1) is 6.83. The molecule has 1 amide bonds. The van der Waals surface area contributed by atoms with Crippen molar-refractivity contribution in [2.24, 2.45) is 0 Å². The van der Waals surface area contributed by atoms with E-state index in [1.807, 2.05) is 0 Å². The van der Waals surface area contributed by atoms with Crippen molar-refractivity contribution in [2.45, 2.75) is 49.7 Å². The number of hydrogen-bond acceptors (Lipinski definition) is 3. The summed E-state index contributed by atoms with van der Waals surface area (Å²) < 4.78 is -0.916. The number of nitrogens with one attached hydrogen (secondary N) is 1. The Morgan fingerprint density at radius 3 is 2.40 bits per heavy atom. The third kappa shape index (κ3) is 3.74. The third-order valence-electron chi connectivity index (χ3n) is 2.28. The van der Waals surface area contributed by atoms with Crippen LogP contribution in [-0.2, 0) is 9.59 Å². The van der Waals surface area contributed by atoms with Crippen LogP contribution in [0, 0.1) is 0 Å². The minimum atomic E-state index is -0.916. The lowest BCUT2D eigenvalue weighted by Gasteiger charge is -2.22. The average Bonchev–Trinajstić information content (AvgIpc) is 2.86. The zero-order valence-corrected chi connectivity index (χ0v) is 10.1. The fourth-order valence-corrected chi connectivity index (χ4v) is 2.25. The lowest BCUT2D eigenvalue weighted by atomic mass is 10.2. The van der Waals surface area contributed by atoms with Gasteiger partial charge in [0.05, 0.1) is 5.25 Å². The second-order valence-electron chi connectivity index (χ2n) is 4.36. The van der Waals surface area contributed by atoms with Gasteiger partial charge < -0.3 is 10.4 Å². The van der Waals surface area contributed by atoms with Crippen LogP contribution in [0.4, 0.5) is 0 Å². The third-order valence-corrected chi connectivity index (χ3v) is 3.61. The largest absolute Gasteiger partial charge is 0.480 e. The minimum Gasteiger partial charge on any atom is -0.480 e.